The van der Waals surface area contributed by atoms with E-state index in [2.05, 4.69) is 14.9 Å². The SMILES string of the molecule is CCN1CCC(NC(=O)Cc2cc(F)ccc2S(=O)(=O)Nc2ccc3c(c2C(=O)O)OCC2CC32)C1. The molecular weight excluding hydrogens is 489 g/mol. The molecule has 0 spiro atoms. The number of carbonyl (C=O) groups is 2. The van der Waals surface area contributed by atoms with E-state index < -0.39 is 27.7 Å². The molecule has 1 saturated heterocycles. The van der Waals surface area contributed by atoms with Gasteiger partial charge >= 0.3 is 5.97 Å². The molecule has 2 heterocycles. The Labute approximate surface area is 208 Å². The summed E-state index contributed by atoms with van der Waals surface area (Å²) in [4.78, 5) is 26.7. The lowest BCUT2D eigenvalue weighted by Gasteiger charge is -2.21. The van der Waals surface area contributed by atoms with E-state index in [0.717, 1.165) is 49.7 Å². The predicted octanol–water partition coefficient (Wildman–Crippen LogP) is 2.57. The van der Waals surface area contributed by atoms with Gasteiger partial charge in [-0.3, -0.25) is 9.52 Å². The molecule has 2 aliphatic heterocycles. The number of likely N-dealkylation sites (N-methyl/N-ethyl adjacent to an activating group) is 1. The monoisotopic (exact) mass is 517 g/mol. The van der Waals surface area contributed by atoms with Crippen LogP contribution in [0.15, 0.2) is 35.2 Å². The zero-order valence-electron chi connectivity index (χ0n) is 19.8. The van der Waals surface area contributed by atoms with Gasteiger partial charge in [-0.15, -0.1) is 0 Å². The highest BCUT2D eigenvalue weighted by Gasteiger charge is 2.45. The summed E-state index contributed by atoms with van der Waals surface area (Å²) in [5, 5.41) is 12.7. The molecule has 0 radical (unpaired) electrons. The molecule has 5 rings (SSSR count). The fourth-order valence-corrected chi connectivity index (χ4v) is 6.48. The van der Waals surface area contributed by atoms with E-state index in [1.807, 2.05) is 6.92 Å². The number of benzene rings is 2. The fraction of sp³-hybridized carbons (Fsp3) is 0.440. The Balaban J connectivity index is 1.40. The minimum Gasteiger partial charge on any atom is -0.492 e. The Morgan fingerprint density at radius 1 is 1.25 bits per heavy atom. The molecule has 1 amide bonds. The van der Waals surface area contributed by atoms with Crippen LogP contribution in [0.5, 0.6) is 5.75 Å². The van der Waals surface area contributed by atoms with Crippen molar-refractivity contribution in [2.24, 2.45) is 5.92 Å². The lowest BCUT2D eigenvalue weighted by molar-refractivity contribution is -0.121. The topological polar surface area (TPSA) is 125 Å². The van der Waals surface area contributed by atoms with Crippen molar-refractivity contribution in [3.8, 4) is 5.75 Å². The third-order valence-corrected chi connectivity index (χ3v) is 8.62. The van der Waals surface area contributed by atoms with Gasteiger partial charge in [-0.1, -0.05) is 13.0 Å². The number of sulfonamides is 1. The summed E-state index contributed by atoms with van der Waals surface area (Å²) in [6.07, 6.45) is 1.36. The summed E-state index contributed by atoms with van der Waals surface area (Å²) >= 11 is 0. The molecule has 3 N–H and O–H groups in total. The first kappa shape index (κ1) is 24.5. The molecule has 0 aromatic heterocycles. The number of ether oxygens (including phenoxy) is 1. The molecular formula is C25H28FN3O6S. The van der Waals surface area contributed by atoms with Crippen LogP contribution in [0.2, 0.25) is 0 Å². The second kappa shape index (κ2) is 9.36. The molecule has 1 saturated carbocycles. The number of fused-ring (bicyclic) bond motifs is 3. The standard InChI is InChI=1S/C25H28FN3O6S/c1-2-29-8-7-17(12-29)27-22(30)11-14-9-16(26)3-6-21(14)36(33,34)28-20-5-4-18-19-10-15(19)13-35-24(18)23(20)25(31)32/h3-6,9,15,17,19,28H,2,7-8,10-13H2,1H3,(H,27,30)(H,31,32). The van der Waals surface area contributed by atoms with Crippen molar-refractivity contribution in [3.63, 3.8) is 0 Å². The summed E-state index contributed by atoms with van der Waals surface area (Å²) < 4.78 is 48.8. The Hall–Kier alpha value is -3.18. The van der Waals surface area contributed by atoms with Crippen molar-refractivity contribution in [1.29, 1.82) is 0 Å². The van der Waals surface area contributed by atoms with E-state index in [4.69, 9.17) is 4.74 Å². The van der Waals surface area contributed by atoms with E-state index in [9.17, 15) is 27.5 Å². The van der Waals surface area contributed by atoms with E-state index in [1.54, 1.807) is 6.07 Å². The number of anilines is 1. The molecule has 192 valence electrons. The number of amides is 1. The smallest absolute Gasteiger partial charge is 0.341 e. The molecule has 1 aliphatic carbocycles. The predicted molar refractivity (Wildman–Crippen MR) is 129 cm³/mol. The Morgan fingerprint density at radius 3 is 2.78 bits per heavy atom. The lowest BCUT2D eigenvalue weighted by atomic mass is 10.0. The average Bonchev–Trinajstić information content (AvgIpc) is 3.48. The number of carboxylic acids is 1. The van der Waals surface area contributed by atoms with Crippen LogP contribution in [0.1, 0.15) is 47.2 Å². The first-order valence-electron chi connectivity index (χ1n) is 12.0. The van der Waals surface area contributed by atoms with Gasteiger partial charge in [0.15, 0.2) is 0 Å². The van der Waals surface area contributed by atoms with Gasteiger partial charge in [-0.25, -0.2) is 17.6 Å². The Morgan fingerprint density at radius 2 is 2.06 bits per heavy atom. The Kier molecular flexibility index (Phi) is 6.37. The number of rotatable bonds is 8. The van der Waals surface area contributed by atoms with Gasteiger partial charge in [0.05, 0.1) is 23.6 Å². The minimum absolute atomic E-state index is 0.0164. The number of carbonyl (C=O) groups excluding carboxylic acids is 1. The molecule has 2 aromatic carbocycles. The third kappa shape index (κ3) is 4.77. The summed E-state index contributed by atoms with van der Waals surface area (Å²) in [5.74, 6) is -1.64. The molecule has 3 aliphatic rings. The maximum atomic E-state index is 14.1. The Bertz CT molecular complexity index is 1330. The van der Waals surface area contributed by atoms with Crippen LogP contribution in [0.3, 0.4) is 0 Å². The van der Waals surface area contributed by atoms with Crippen molar-refractivity contribution < 1.29 is 32.2 Å². The average molecular weight is 518 g/mol. The summed E-state index contributed by atoms with van der Waals surface area (Å²) in [5.41, 5.74) is 0.340. The number of halogens is 1. The van der Waals surface area contributed by atoms with Gasteiger partial charge in [-0.05, 0) is 60.7 Å². The van der Waals surface area contributed by atoms with Crippen molar-refractivity contribution in [2.45, 2.75) is 43.0 Å². The molecule has 2 aromatic rings. The molecule has 3 unspecified atom stereocenters. The van der Waals surface area contributed by atoms with Crippen molar-refractivity contribution in [3.05, 3.63) is 52.8 Å². The highest BCUT2D eigenvalue weighted by Crippen LogP contribution is 2.55. The molecule has 0 bridgehead atoms. The van der Waals surface area contributed by atoms with Crippen LogP contribution < -0.4 is 14.8 Å². The zero-order valence-corrected chi connectivity index (χ0v) is 20.6. The van der Waals surface area contributed by atoms with Gasteiger partial charge in [0.25, 0.3) is 10.0 Å². The van der Waals surface area contributed by atoms with Crippen LogP contribution in [0.4, 0.5) is 10.1 Å². The summed E-state index contributed by atoms with van der Waals surface area (Å²) in [6, 6.07) is 6.14. The van der Waals surface area contributed by atoms with Crippen LogP contribution >= 0.6 is 0 Å². The highest BCUT2D eigenvalue weighted by atomic mass is 32.2. The fourth-order valence-electron chi connectivity index (χ4n) is 5.18. The highest BCUT2D eigenvalue weighted by molar-refractivity contribution is 7.92. The number of nitrogens with one attached hydrogen (secondary N) is 2. The summed E-state index contributed by atoms with van der Waals surface area (Å²) in [6.45, 7) is 4.87. The maximum absolute atomic E-state index is 14.1. The number of likely N-dealkylation sites (tertiary alicyclic amines) is 1. The largest absolute Gasteiger partial charge is 0.492 e. The van der Waals surface area contributed by atoms with E-state index in [0.29, 0.717) is 19.1 Å². The first-order chi connectivity index (χ1) is 17.2. The van der Waals surface area contributed by atoms with Gasteiger partial charge in [0.2, 0.25) is 5.91 Å². The normalized spacial score (nSPS) is 22.8. The van der Waals surface area contributed by atoms with Crippen molar-refractivity contribution in [2.75, 3.05) is 31.0 Å². The maximum Gasteiger partial charge on any atom is 0.341 e. The number of aromatic carboxylic acids is 1. The molecule has 9 nitrogen and oxygen atoms in total. The van der Waals surface area contributed by atoms with Crippen LogP contribution in [0.25, 0.3) is 0 Å². The minimum atomic E-state index is -4.36. The second-order valence-electron chi connectivity index (χ2n) is 9.61. The zero-order chi connectivity index (χ0) is 25.6. The van der Waals surface area contributed by atoms with Crippen LogP contribution in [0, 0.1) is 11.7 Å². The second-order valence-corrected chi connectivity index (χ2v) is 11.3. The van der Waals surface area contributed by atoms with Crippen LogP contribution in [-0.4, -0.2) is 62.6 Å². The third-order valence-electron chi connectivity index (χ3n) is 7.16. The lowest BCUT2D eigenvalue weighted by Crippen LogP contribution is -2.38. The molecule has 3 atom stereocenters. The molecule has 2 fully saturated rings. The molecule has 36 heavy (non-hydrogen) atoms. The summed E-state index contributed by atoms with van der Waals surface area (Å²) in [7, 11) is -4.36. The quantitative estimate of drug-likeness (QED) is 0.492. The van der Waals surface area contributed by atoms with E-state index in [1.165, 1.54) is 6.07 Å². The van der Waals surface area contributed by atoms with Crippen molar-refractivity contribution in [1.82, 2.24) is 10.2 Å². The number of nitrogens with zero attached hydrogens (tertiary/aromatic N) is 1. The number of hydrogen-bond donors (Lipinski definition) is 3. The first-order valence-corrected chi connectivity index (χ1v) is 13.5. The number of carboxylic acid groups (broad SMARTS) is 1. The van der Waals surface area contributed by atoms with Gasteiger partial charge in [0, 0.05) is 25.0 Å². The van der Waals surface area contributed by atoms with Gasteiger partial charge < -0.3 is 20.1 Å². The van der Waals surface area contributed by atoms with E-state index in [-0.39, 0.29) is 45.8 Å². The number of hydrogen-bond acceptors (Lipinski definition) is 6. The van der Waals surface area contributed by atoms with Crippen molar-refractivity contribution >= 4 is 27.6 Å². The van der Waals surface area contributed by atoms with Gasteiger partial charge in [-0.2, -0.15) is 0 Å². The van der Waals surface area contributed by atoms with Gasteiger partial charge in [0.1, 0.15) is 17.1 Å². The van der Waals surface area contributed by atoms with E-state index >= 15 is 0 Å². The molecule has 11 heteroatoms. The van der Waals surface area contributed by atoms with Crippen LogP contribution in [-0.2, 0) is 21.2 Å².